The van der Waals surface area contributed by atoms with E-state index in [1.54, 1.807) is 50.6 Å². The lowest BCUT2D eigenvalue weighted by molar-refractivity contribution is -0.159. The van der Waals surface area contributed by atoms with Crippen LogP contribution in [0.4, 0.5) is 5.69 Å². The summed E-state index contributed by atoms with van der Waals surface area (Å²) < 4.78 is 11.2. The summed E-state index contributed by atoms with van der Waals surface area (Å²) in [6.07, 6.45) is 12.5. The lowest BCUT2D eigenvalue weighted by Gasteiger charge is -2.54. The first-order chi connectivity index (χ1) is 25.3. The summed E-state index contributed by atoms with van der Waals surface area (Å²) in [4.78, 5) is 52.6. The van der Waals surface area contributed by atoms with Crippen molar-refractivity contribution < 1.29 is 33.5 Å². The van der Waals surface area contributed by atoms with Crippen LogP contribution in [0.2, 0.25) is 0 Å². The Morgan fingerprint density at radius 2 is 1.85 bits per heavy atom. The van der Waals surface area contributed by atoms with Gasteiger partial charge in [-0.2, -0.15) is 0 Å². The molecule has 3 saturated carbocycles. The Morgan fingerprint density at radius 3 is 2.60 bits per heavy atom. The van der Waals surface area contributed by atoms with Gasteiger partial charge in [0, 0.05) is 16.0 Å². The minimum Gasteiger partial charge on any atom is -0.480 e. The molecule has 2 saturated heterocycles. The Balaban J connectivity index is 0.840. The molecule has 8 rings (SSSR count). The van der Waals surface area contributed by atoms with Gasteiger partial charge in [0.25, 0.3) is 5.91 Å². The van der Waals surface area contributed by atoms with Crippen molar-refractivity contribution in [1.29, 1.82) is 0 Å². The lowest BCUT2D eigenvalue weighted by Crippen LogP contribution is -2.70. The molecule has 4 aliphatic carbocycles. The number of benzene rings is 1. The van der Waals surface area contributed by atoms with Gasteiger partial charge in [-0.3, -0.25) is 14.4 Å². The third-order valence-corrected chi connectivity index (χ3v) is 15.0. The molecule has 11 nitrogen and oxygen atoms in total. The maximum absolute atomic E-state index is 13.5. The van der Waals surface area contributed by atoms with Gasteiger partial charge in [-0.1, -0.05) is 48.0 Å². The summed E-state index contributed by atoms with van der Waals surface area (Å²) in [6.45, 7) is 12.3. The maximum Gasteiger partial charge on any atom is 0.327 e. The average Bonchev–Trinajstić information content (AvgIpc) is 3.75. The number of ether oxygens (including phenoxy) is 1. The van der Waals surface area contributed by atoms with Crippen LogP contribution < -0.4 is 10.6 Å². The molecule has 3 N–H and O–H groups in total. The highest BCUT2D eigenvalue weighted by Crippen LogP contribution is 2.62. The fourth-order valence-electron chi connectivity index (χ4n) is 10.9. The number of anilines is 1. The number of aliphatic carboxylic acids is 1. The topological polar surface area (TPSA) is 151 Å². The van der Waals surface area contributed by atoms with Gasteiger partial charge in [0.15, 0.2) is 0 Å². The first-order valence-corrected chi connectivity index (χ1v) is 20.0. The minimum absolute atomic E-state index is 0.124. The van der Waals surface area contributed by atoms with E-state index in [2.05, 4.69) is 35.4 Å². The largest absolute Gasteiger partial charge is 0.480 e. The van der Waals surface area contributed by atoms with Crippen molar-refractivity contribution >= 4 is 41.1 Å². The van der Waals surface area contributed by atoms with E-state index < -0.39 is 40.0 Å². The van der Waals surface area contributed by atoms with Crippen LogP contribution in [-0.4, -0.2) is 73.8 Å². The van der Waals surface area contributed by atoms with Gasteiger partial charge in [0.2, 0.25) is 11.8 Å². The molecule has 0 bridgehead atoms. The summed E-state index contributed by atoms with van der Waals surface area (Å²) >= 11 is 1.36. The van der Waals surface area contributed by atoms with Crippen molar-refractivity contribution in [1.82, 2.24) is 15.4 Å². The van der Waals surface area contributed by atoms with Crippen LogP contribution in [0.5, 0.6) is 0 Å². The van der Waals surface area contributed by atoms with Crippen LogP contribution in [0.1, 0.15) is 94.7 Å². The zero-order valence-electron chi connectivity index (χ0n) is 31.0. The van der Waals surface area contributed by atoms with E-state index in [0.29, 0.717) is 29.5 Å². The number of nitrogens with zero attached hydrogens (tertiary/aromatic N) is 2. The van der Waals surface area contributed by atoms with Gasteiger partial charge in [0.05, 0.1) is 19.1 Å². The Kier molecular flexibility index (Phi) is 9.15. The second kappa shape index (κ2) is 13.4. The van der Waals surface area contributed by atoms with Crippen molar-refractivity contribution in [2.75, 3.05) is 11.9 Å². The van der Waals surface area contributed by atoms with Gasteiger partial charge < -0.3 is 29.9 Å². The Labute approximate surface area is 314 Å². The first kappa shape index (κ1) is 36.1. The molecule has 9 unspecified atom stereocenters. The van der Waals surface area contributed by atoms with Crippen LogP contribution in [0, 0.1) is 36.0 Å². The number of carboxylic acid groups (broad SMARTS) is 1. The third-order valence-electron chi connectivity index (χ3n) is 13.5. The van der Waals surface area contributed by atoms with Gasteiger partial charge in [-0.25, -0.2) is 4.79 Å². The second-order valence-electron chi connectivity index (χ2n) is 16.9. The Hall–Kier alpha value is -3.90. The normalized spacial score (nSPS) is 33.9. The van der Waals surface area contributed by atoms with E-state index in [0.717, 1.165) is 30.6 Å². The number of carboxylic acids is 1. The number of β-lactam (4-membered cyclic amide) rings is 1. The smallest absolute Gasteiger partial charge is 0.327 e. The van der Waals surface area contributed by atoms with Gasteiger partial charge in [-0.05, 0) is 113 Å². The molecule has 0 spiro atoms. The lowest BCUT2D eigenvalue weighted by atomic mass is 9.52. The number of hydrogen-bond donors (Lipinski definition) is 3. The highest BCUT2D eigenvalue weighted by molar-refractivity contribution is 8.01. The van der Waals surface area contributed by atoms with E-state index >= 15 is 0 Å². The highest BCUT2D eigenvalue weighted by Gasteiger charge is 2.64. The number of aromatic nitrogens is 1. The Morgan fingerprint density at radius 1 is 1.08 bits per heavy atom. The number of carbonyl (C=O) groups excluding carboxylic acids is 3. The second-order valence-corrected chi connectivity index (χ2v) is 18.6. The molecular weight excluding hydrogens is 693 g/mol. The third kappa shape index (κ3) is 6.13. The van der Waals surface area contributed by atoms with Crippen LogP contribution in [0.15, 0.2) is 52.6 Å². The van der Waals surface area contributed by atoms with Gasteiger partial charge >= 0.3 is 5.97 Å². The number of amides is 3. The van der Waals surface area contributed by atoms with E-state index in [1.807, 2.05) is 0 Å². The highest BCUT2D eigenvalue weighted by atomic mass is 32.2. The van der Waals surface area contributed by atoms with E-state index in [1.165, 1.54) is 60.8 Å². The number of nitrogens with one attached hydrogen (secondary N) is 2. The van der Waals surface area contributed by atoms with Crippen molar-refractivity contribution in [3.63, 3.8) is 0 Å². The molecule has 6 aliphatic rings. The van der Waals surface area contributed by atoms with Crippen molar-refractivity contribution in [3.8, 4) is 11.3 Å². The van der Waals surface area contributed by atoms with Crippen LogP contribution in [0.3, 0.4) is 0 Å². The van der Waals surface area contributed by atoms with Crippen molar-refractivity contribution in [3.05, 3.63) is 59.4 Å². The SMILES string of the molecule is C=C1C=C2CCC3C(CCC4(C)C(OCCC(=O)Nc5ccc(-c6noc(C)c6C(=O)NC6C(=O)N7C6SC(C)(C)C7C(=O)O)cc5)CCC34)C2CC1. The van der Waals surface area contributed by atoms with Crippen LogP contribution in [-0.2, 0) is 19.1 Å². The van der Waals surface area contributed by atoms with E-state index in [9.17, 15) is 24.3 Å². The quantitative estimate of drug-likeness (QED) is 0.238. The molecule has 5 fully saturated rings. The zero-order chi connectivity index (χ0) is 37.4. The molecule has 3 amide bonds. The number of thioether (sulfide) groups is 1. The number of carbonyl (C=O) groups is 4. The Bertz CT molecular complexity index is 1890. The number of rotatable bonds is 9. The molecule has 0 radical (unpaired) electrons. The molecule has 282 valence electrons. The van der Waals surface area contributed by atoms with Crippen molar-refractivity contribution in [2.24, 2.45) is 29.1 Å². The summed E-state index contributed by atoms with van der Waals surface area (Å²) in [7, 11) is 0. The molecule has 2 aliphatic heterocycles. The van der Waals surface area contributed by atoms with Crippen molar-refractivity contribution in [2.45, 2.75) is 114 Å². The first-order valence-electron chi connectivity index (χ1n) is 19.2. The number of hydrogen-bond acceptors (Lipinski definition) is 8. The number of aryl methyl sites for hydroxylation is 1. The summed E-state index contributed by atoms with van der Waals surface area (Å²) in [5.41, 5.74) is 4.86. The molecule has 1 aromatic carbocycles. The zero-order valence-corrected chi connectivity index (χ0v) is 31.8. The van der Waals surface area contributed by atoms with Gasteiger partial charge in [-0.15, -0.1) is 11.8 Å². The molecule has 53 heavy (non-hydrogen) atoms. The molecule has 3 heterocycles. The minimum atomic E-state index is -1.07. The summed E-state index contributed by atoms with van der Waals surface area (Å²) in [6, 6.07) is 5.20. The molecule has 9 atom stereocenters. The van der Waals surface area contributed by atoms with E-state index in [4.69, 9.17) is 9.26 Å². The number of fused-ring (bicyclic) bond motifs is 6. The molecule has 1 aromatic heterocycles. The standard InChI is InChI=1S/C41H50N4O7S/c1-21-6-12-26-24(20-21)9-13-28-27(26)16-18-41(5)29(28)14-15-30(41)51-19-17-31(46)42-25-10-7-23(8-11-25)33-32(22(2)52-44-33)36(47)43-34-37(48)45-35(39(49)50)40(3,4)53-38(34)45/h7-8,10-11,20,26-30,34-35,38H,1,6,9,12-19H2,2-5H3,(H,42,46)(H,43,47)(H,49,50). The average molecular weight is 743 g/mol. The molecular formula is C41H50N4O7S. The maximum atomic E-state index is 13.5. The summed E-state index contributed by atoms with van der Waals surface area (Å²) in [5, 5.41) is 19.1. The number of allylic oxidation sites excluding steroid dienone is 3. The van der Waals surface area contributed by atoms with Gasteiger partial charge in [0.1, 0.15) is 34.5 Å². The predicted octanol–water partition coefficient (Wildman–Crippen LogP) is 6.74. The fourth-order valence-corrected chi connectivity index (χ4v) is 12.6. The molecule has 2 aromatic rings. The van der Waals surface area contributed by atoms with E-state index in [-0.39, 0.29) is 35.2 Å². The molecule has 12 heteroatoms. The van der Waals surface area contributed by atoms with Crippen LogP contribution in [0.25, 0.3) is 11.3 Å². The predicted molar refractivity (Wildman–Crippen MR) is 201 cm³/mol. The summed E-state index contributed by atoms with van der Waals surface area (Å²) in [5.74, 6) is 1.17. The fraction of sp³-hybridized carbons (Fsp3) is 0.585. The monoisotopic (exact) mass is 742 g/mol. The van der Waals surface area contributed by atoms with Crippen LogP contribution >= 0.6 is 11.8 Å².